The van der Waals surface area contributed by atoms with Crippen molar-refractivity contribution < 1.29 is 42.1 Å². The van der Waals surface area contributed by atoms with E-state index >= 15 is 0 Å². The van der Waals surface area contributed by atoms with Crippen LogP contribution in [-0.4, -0.2) is 70.0 Å². The van der Waals surface area contributed by atoms with Gasteiger partial charge in [0.05, 0.1) is 27.7 Å². The van der Waals surface area contributed by atoms with Crippen LogP contribution >= 0.6 is 7.82 Å². The van der Waals surface area contributed by atoms with Crippen molar-refractivity contribution in [3.05, 3.63) is 0 Å². The van der Waals surface area contributed by atoms with E-state index < -0.39 is 26.5 Å². The molecule has 0 amide bonds. The molecule has 0 aromatic rings. The van der Waals surface area contributed by atoms with Crippen LogP contribution in [0.1, 0.15) is 502 Å². The SMILES string of the molecule is CCCCCCCCCCCCCCCCCCCCCCCCCCCCCCCCCCCCCCCCC(=O)OC(COC(=O)CCCCCCCCCCCCCCCCCCCCCCCCCCCCCCCCCCCCCC)COP(=O)([O-])OCC[N+](C)(C)C. The van der Waals surface area contributed by atoms with Crippen molar-refractivity contribution in [1.82, 2.24) is 0 Å². The van der Waals surface area contributed by atoms with Gasteiger partial charge in [0.2, 0.25) is 0 Å². The van der Waals surface area contributed by atoms with Crippen LogP contribution in [0.5, 0.6) is 0 Å². The number of rotatable bonds is 86. The molecule has 0 heterocycles. The molecule has 10 heteroatoms. The summed E-state index contributed by atoms with van der Waals surface area (Å²) in [4.78, 5) is 38.2. The van der Waals surface area contributed by atoms with Crippen LogP contribution in [0.2, 0.25) is 0 Å². The van der Waals surface area contributed by atoms with E-state index in [2.05, 4.69) is 13.8 Å². The zero-order valence-corrected chi connectivity index (χ0v) is 68.2. The zero-order valence-electron chi connectivity index (χ0n) is 67.3. The molecular formula is C88H176NO8P. The second-order valence-electron chi connectivity index (χ2n) is 32.3. The Bertz CT molecular complexity index is 1610. The molecule has 0 aliphatic carbocycles. The smallest absolute Gasteiger partial charge is 0.306 e. The highest BCUT2D eigenvalue weighted by Crippen LogP contribution is 2.38. The van der Waals surface area contributed by atoms with Gasteiger partial charge in [-0.3, -0.25) is 14.2 Å². The Labute approximate surface area is 614 Å². The average molecular weight is 1410 g/mol. The van der Waals surface area contributed by atoms with Crippen molar-refractivity contribution >= 4 is 19.8 Å². The van der Waals surface area contributed by atoms with Gasteiger partial charge in [-0.2, -0.15) is 0 Å². The second kappa shape index (κ2) is 80.1. The van der Waals surface area contributed by atoms with Gasteiger partial charge in [0.15, 0.2) is 6.10 Å². The van der Waals surface area contributed by atoms with Gasteiger partial charge in [0.1, 0.15) is 19.8 Å². The third-order valence-electron chi connectivity index (χ3n) is 21.1. The minimum Gasteiger partial charge on any atom is -0.756 e. The first-order chi connectivity index (χ1) is 48.0. The van der Waals surface area contributed by atoms with Crippen LogP contribution in [0, 0.1) is 0 Å². The minimum absolute atomic E-state index is 0.0245. The predicted octanol–water partition coefficient (Wildman–Crippen LogP) is 29.3. The van der Waals surface area contributed by atoms with E-state index in [-0.39, 0.29) is 32.0 Å². The molecule has 0 saturated carbocycles. The van der Waals surface area contributed by atoms with Crippen molar-refractivity contribution in [1.29, 1.82) is 0 Å². The number of carbonyl (C=O) groups excluding carboxylic acids is 2. The van der Waals surface area contributed by atoms with Gasteiger partial charge >= 0.3 is 11.9 Å². The van der Waals surface area contributed by atoms with Crippen molar-refractivity contribution in [2.75, 3.05) is 47.5 Å². The zero-order chi connectivity index (χ0) is 71.1. The molecule has 0 spiro atoms. The number of ether oxygens (including phenoxy) is 2. The number of carbonyl (C=O) groups is 2. The van der Waals surface area contributed by atoms with Crippen LogP contribution in [0.4, 0.5) is 0 Å². The number of quaternary nitrogens is 1. The van der Waals surface area contributed by atoms with Gasteiger partial charge in [-0.1, -0.05) is 476 Å². The Morgan fingerprint density at radius 3 is 0.653 bits per heavy atom. The first kappa shape index (κ1) is 97.0. The molecule has 0 fully saturated rings. The van der Waals surface area contributed by atoms with E-state index in [1.165, 1.54) is 437 Å². The van der Waals surface area contributed by atoms with E-state index in [1.54, 1.807) is 0 Å². The van der Waals surface area contributed by atoms with Crippen LogP contribution < -0.4 is 4.89 Å². The van der Waals surface area contributed by atoms with Crippen molar-refractivity contribution in [3.8, 4) is 0 Å². The Balaban J connectivity index is 3.82. The third-order valence-corrected chi connectivity index (χ3v) is 22.1. The summed E-state index contributed by atoms with van der Waals surface area (Å²) in [5, 5.41) is 0. The number of likely N-dealkylation sites (N-methyl/N-ethyl adjacent to an activating group) is 1. The number of esters is 2. The number of phosphoric acid groups is 1. The first-order valence-electron chi connectivity index (χ1n) is 44.7. The van der Waals surface area contributed by atoms with E-state index in [0.29, 0.717) is 17.4 Å². The third kappa shape index (κ3) is 84.0. The fourth-order valence-electron chi connectivity index (χ4n) is 14.3. The highest BCUT2D eigenvalue weighted by Gasteiger charge is 2.22. The van der Waals surface area contributed by atoms with Gasteiger partial charge in [-0.25, -0.2) is 0 Å². The molecule has 0 bridgehead atoms. The summed E-state index contributed by atoms with van der Waals surface area (Å²) in [6.45, 7) is 4.36. The highest BCUT2D eigenvalue weighted by molar-refractivity contribution is 7.45. The summed E-state index contributed by atoms with van der Waals surface area (Å²) in [6.07, 6.45) is 101. The lowest BCUT2D eigenvalue weighted by Crippen LogP contribution is -2.37. The molecule has 0 saturated heterocycles. The largest absolute Gasteiger partial charge is 0.756 e. The number of hydrogen-bond acceptors (Lipinski definition) is 8. The topological polar surface area (TPSA) is 111 Å². The molecule has 0 radical (unpaired) electrons. The number of hydrogen-bond donors (Lipinski definition) is 0. The summed E-state index contributed by atoms with van der Waals surface area (Å²) in [6, 6.07) is 0. The summed E-state index contributed by atoms with van der Waals surface area (Å²) in [5.74, 6) is -0.798. The molecule has 2 unspecified atom stereocenters. The molecule has 0 aliphatic heterocycles. The van der Waals surface area contributed by atoms with E-state index in [0.717, 1.165) is 32.1 Å². The van der Waals surface area contributed by atoms with Gasteiger partial charge in [0.25, 0.3) is 7.82 Å². The lowest BCUT2D eigenvalue weighted by Gasteiger charge is -2.28. The summed E-state index contributed by atoms with van der Waals surface area (Å²) in [5.41, 5.74) is 0. The molecule has 0 rings (SSSR count). The Morgan fingerprint density at radius 1 is 0.276 bits per heavy atom. The molecular weight excluding hydrogens is 1230 g/mol. The maximum Gasteiger partial charge on any atom is 0.306 e. The Hall–Kier alpha value is -0.990. The fourth-order valence-corrected chi connectivity index (χ4v) is 15.0. The quantitative estimate of drug-likeness (QED) is 0.0256. The average Bonchev–Trinajstić information content (AvgIpc) is 1.05. The van der Waals surface area contributed by atoms with Crippen LogP contribution in [0.25, 0.3) is 0 Å². The molecule has 0 aromatic heterocycles. The van der Waals surface area contributed by atoms with Crippen LogP contribution in [0.3, 0.4) is 0 Å². The van der Waals surface area contributed by atoms with E-state index in [4.69, 9.17) is 18.5 Å². The molecule has 98 heavy (non-hydrogen) atoms. The van der Waals surface area contributed by atoms with Crippen LogP contribution in [-0.2, 0) is 32.7 Å². The molecule has 0 N–H and O–H groups in total. The van der Waals surface area contributed by atoms with Gasteiger partial charge in [-0.15, -0.1) is 0 Å². The van der Waals surface area contributed by atoms with Crippen molar-refractivity contribution in [3.63, 3.8) is 0 Å². The van der Waals surface area contributed by atoms with Crippen molar-refractivity contribution in [2.24, 2.45) is 0 Å². The number of nitrogens with zero attached hydrogens (tertiary/aromatic N) is 1. The van der Waals surface area contributed by atoms with Gasteiger partial charge < -0.3 is 27.9 Å². The fraction of sp³-hybridized carbons (Fsp3) is 0.977. The predicted molar refractivity (Wildman–Crippen MR) is 425 cm³/mol. The normalized spacial score (nSPS) is 12.8. The van der Waals surface area contributed by atoms with Crippen molar-refractivity contribution in [2.45, 2.75) is 508 Å². The summed E-state index contributed by atoms with van der Waals surface area (Å²) >= 11 is 0. The number of unbranched alkanes of at least 4 members (excludes halogenated alkanes) is 72. The standard InChI is InChI=1S/C88H176NO8P/c1-6-8-10-12-14-16-18-20-22-24-26-28-30-32-34-36-38-40-42-44-45-47-49-51-53-55-57-59-61-63-65-67-69-71-73-75-77-79-81-88(91)97-86(85-96-98(92,93)95-83-82-89(3,4)5)84-94-87(90)80-78-76-74-72-70-68-66-64-62-60-58-56-54-52-50-48-46-43-41-39-37-35-33-31-29-27-25-23-21-19-17-15-13-11-9-7-2/h86H,6-85H2,1-5H3. The lowest BCUT2D eigenvalue weighted by atomic mass is 10.0. The minimum atomic E-state index is -4.64. The molecule has 0 aliphatic rings. The molecule has 9 nitrogen and oxygen atoms in total. The maximum atomic E-state index is 12.9. The monoisotopic (exact) mass is 1410 g/mol. The maximum absolute atomic E-state index is 12.9. The molecule has 586 valence electrons. The summed E-state index contributed by atoms with van der Waals surface area (Å²) < 4.78 is 34.5. The van der Waals surface area contributed by atoms with E-state index in [1.807, 2.05) is 21.1 Å². The van der Waals surface area contributed by atoms with Gasteiger partial charge in [0, 0.05) is 12.8 Å². The van der Waals surface area contributed by atoms with Crippen LogP contribution in [0.15, 0.2) is 0 Å². The first-order valence-corrected chi connectivity index (χ1v) is 46.2. The second-order valence-corrected chi connectivity index (χ2v) is 33.8. The molecule has 0 aromatic carbocycles. The Kier molecular flexibility index (Phi) is 79.3. The summed E-state index contributed by atoms with van der Waals surface area (Å²) in [7, 11) is 1.20. The lowest BCUT2D eigenvalue weighted by molar-refractivity contribution is -0.870. The molecule has 2 atom stereocenters. The Morgan fingerprint density at radius 2 is 0.459 bits per heavy atom. The number of phosphoric ester groups is 1. The van der Waals surface area contributed by atoms with E-state index in [9.17, 15) is 19.0 Å². The highest BCUT2D eigenvalue weighted by atomic mass is 31.2. The van der Waals surface area contributed by atoms with Gasteiger partial charge in [-0.05, 0) is 12.8 Å².